The lowest BCUT2D eigenvalue weighted by molar-refractivity contribution is -0.119. The highest BCUT2D eigenvalue weighted by Gasteiger charge is 2.45. The van der Waals surface area contributed by atoms with Crippen LogP contribution in [0.2, 0.25) is 0 Å². The summed E-state index contributed by atoms with van der Waals surface area (Å²) in [5.41, 5.74) is 6.66. The Morgan fingerprint density at radius 2 is 1.97 bits per heavy atom. The fourth-order valence-electron chi connectivity index (χ4n) is 3.24. The molecule has 0 radical (unpaired) electrons. The van der Waals surface area contributed by atoms with E-state index in [1.54, 1.807) is 12.1 Å². The molecule has 8 heteroatoms. The quantitative estimate of drug-likeness (QED) is 0.266. The van der Waals surface area contributed by atoms with Crippen molar-refractivity contribution in [2.45, 2.75) is 31.7 Å². The van der Waals surface area contributed by atoms with Gasteiger partial charge in [-0.25, -0.2) is 9.38 Å². The molecule has 162 valence electrons. The van der Waals surface area contributed by atoms with Gasteiger partial charge in [0.25, 0.3) is 5.91 Å². The van der Waals surface area contributed by atoms with Gasteiger partial charge in [-0.2, -0.15) is 0 Å². The molecule has 6 nitrogen and oxygen atoms in total. The maximum Gasteiger partial charge on any atom is 0.255 e. The van der Waals surface area contributed by atoms with Crippen molar-refractivity contribution >= 4 is 35.8 Å². The molecule has 1 aliphatic rings. The third kappa shape index (κ3) is 6.58. The molecule has 0 unspecified atom stereocenters. The van der Waals surface area contributed by atoms with Crippen molar-refractivity contribution in [3.05, 3.63) is 65.5 Å². The van der Waals surface area contributed by atoms with Crippen LogP contribution in [0.15, 0.2) is 53.5 Å². The Hall–Kier alpha value is -2.36. The van der Waals surface area contributed by atoms with Crippen LogP contribution in [0, 0.1) is 5.82 Å². The molecule has 30 heavy (non-hydrogen) atoms. The summed E-state index contributed by atoms with van der Waals surface area (Å²) in [4.78, 5) is 15.5. The number of aliphatic imine (C=N–C) groups is 1. The molecule has 1 amide bonds. The van der Waals surface area contributed by atoms with E-state index in [9.17, 15) is 9.18 Å². The van der Waals surface area contributed by atoms with E-state index < -0.39 is 5.91 Å². The summed E-state index contributed by atoms with van der Waals surface area (Å²) in [7, 11) is 0. The highest BCUT2D eigenvalue weighted by molar-refractivity contribution is 14.0. The molecule has 1 saturated carbocycles. The Morgan fingerprint density at radius 3 is 2.63 bits per heavy atom. The van der Waals surface area contributed by atoms with Crippen LogP contribution < -0.4 is 21.1 Å². The Balaban J connectivity index is 0.00000320. The molecular weight excluding hydrogens is 498 g/mol. The third-order valence-corrected chi connectivity index (χ3v) is 4.94. The maximum atomic E-state index is 14.2. The van der Waals surface area contributed by atoms with E-state index in [-0.39, 0.29) is 41.8 Å². The number of nitrogens with two attached hydrogens (primary N) is 1. The van der Waals surface area contributed by atoms with Gasteiger partial charge in [-0.05, 0) is 49.1 Å². The van der Waals surface area contributed by atoms with Crippen molar-refractivity contribution in [3.63, 3.8) is 0 Å². The number of carbonyl (C=O) groups excluding carboxylic acids is 1. The molecule has 0 saturated heterocycles. The number of guanidine groups is 1. The number of benzene rings is 2. The largest absolute Gasteiger partial charge is 0.484 e. The summed E-state index contributed by atoms with van der Waals surface area (Å²) in [6.07, 6.45) is 1.92. The second-order valence-corrected chi connectivity index (χ2v) is 7.21. The molecule has 0 heterocycles. The minimum atomic E-state index is -0.518. The van der Waals surface area contributed by atoms with Crippen LogP contribution in [0.3, 0.4) is 0 Å². The normalized spacial score (nSPS) is 14.4. The van der Waals surface area contributed by atoms with Crippen molar-refractivity contribution < 1.29 is 13.9 Å². The highest BCUT2D eigenvalue weighted by atomic mass is 127. The van der Waals surface area contributed by atoms with E-state index in [0.717, 1.165) is 30.5 Å². The average molecular weight is 526 g/mol. The molecule has 1 fully saturated rings. The predicted octanol–water partition coefficient (Wildman–Crippen LogP) is 3.09. The Labute approximate surface area is 193 Å². The first-order valence-electron chi connectivity index (χ1n) is 9.80. The van der Waals surface area contributed by atoms with Crippen molar-refractivity contribution in [1.82, 2.24) is 10.6 Å². The van der Waals surface area contributed by atoms with Gasteiger partial charge < -0.3 is 21.1 Å². The lowest BCUT2D eigenvalue weighted by atomic mass is 9.95. The first-order chi connectivity index (χ1) is 14.0. The van der Waals surface area contributed by atoms with Crippen LogP contribution in [0.1, 0.15) is 30.9 Å². The van der Waals surface area contributed by atoms with Gasteiger partial charge >= 0.3 is 0 Å². The predicted molar refractivity (Wildman–Crippen MR) is 127 cm³/mol. The number of nitrogens with zero attached hydrogens (tertiary/aromatic N) is 1. The second-order valence-electron chi connectivity index (χ2n) is 7.21. The SMILES string of the molecule is CCNC(=NCc1cccc(OCC(N)=O)c1)NCC1(c2ccccc2F)CC1.I. The summed E-state index contributed by atoms with van der Waals surface area (Å²) in [6, 6.07) is 14.4. The van der Waals surface area contributed by atoms with Gasteiger partial charge in [0.2, 0.25) is 0 Å². The van der Waals surface area contributed by atoms with Gasteiger partial charge in [0, 0.05) is 18.5 Å². The minimum absolute atomic E-state index is 0. The maximum absolute atomic E-state index is 14.2. The molecule has 1 aliphatic carbocycles. The second kappa shape index (κ2) is 11.1. The number of nitrogens with one attached hydrogen (secondary N) is 2. The van der Waals surface area contributed by atoms with Gasteiger partial charge in [-0.3, -0.25) is 4.79 Å². The first kappa shape index (κ1) is 23.9. The van der Waals surface area contributed by atoms with Crippen molar-refractivity contribution in [2.75, 3.05) is 19.7 Å². The topological polar surface area (TPSA) is 88.7 Å². The highest BCUT2D eigenvalue weighted by Crippen LogP contribution is 2.48. The molecular formula is C22H28FIN4O2. The zero-order chi connectivity index (χ0) is 20.7. The van der Waals surface area contributed by atoms with Gasteiger partial charge in [-0.15, -0.1) is 24.0 Å². The van der Waals surface area contributed by atoms with Gasteiger partial charge in [0.1, 0.15) is 11.6 Å². The van der Waals surface area contributed by atoms with Crippen molar-refractivity contribution in [1.29, 1.82) is 0 Å². The lowest BCUT2D eigenvalue weighted by Crippen LogP contribution is -2.41. The van der Waals surface area contributed by atoms with Gasteiger partial charge in [0.15, 0.2) is 12.6 Å². The molecule has 0 aliphatic heterocycles. The fourth-order valence-corrected chi connectivity index (χ4v) is 3.24. The zero-order valence-electron chi connectivity index (χ0n) is 17.0. The van der Waals surface area contributed by atoms with E-state index in [0.29, 0.717) is 24.8 Å². The van der Waals surface area contributed by atoms with E-state index >= 15 is 0 Å². The third-order valence-electron chi connectivity index (χ3n) is 4.94. The van der Waals surface area contributed by atoms with Crippen LogP contribution in [0.5, 0.6) is 5.75 Å². The molecule has 3 rings (SSSR count). The van der Waals surface area contributed by atoms with Crippen LogP contribution in [-0.4, -0.2) is 31.6 Å². The van der Waals surface area contributed by atoms with Gasteiger partial charge in [0.05, 0.1) is 6.54 Å². The van der Waals surface area contributed by atoms with E-state index in [1.165, 1.54) is 6.07 Å². The number of hydrogen-bond acceptors (Lipinski definition) is 3. The molecule has 0 atom stereocenters. The van der Waals surface area contributed by atoms with Gasteiger partial charge in [-0.1, -0.05) is 30.3 Å². The molecule has 0 spiro atoms. The Kier molecular flexibility index (Phi) is 8.88. The summed E-state index contributed by atoms with van der Waals surface area (Å²) in [6.45, 7) is 3.63. The molecule has 2 aromatic carbocycles. The average Bonchev–Trinajstić information content (AvgIpc) is 3.50. The summed E-state index contributed by atoms with van der Waals surface area (Å²) in [5.74, 6) is 0.585. The molecule has 4 N–H and O–H groups in total. The van der Waals surface area contributed by atoms with Crippen LogP contribution >= 0.6 is 24.0 Å². The summed E-state index contributed by atoms with van der Waals surface area (Å²) in [5, 5.41) is 6.58. The number of carbonyl (C=O) groups is 1. The Morgan fingerprint density at radius 1 is 1.20 bits per heavy atom. The van der Waals surface area contributed by atoms with E-state index in [1.807, 2.05) is 37.3 Å². The number of hydrogen-bond donors (Lipinski definition) is 3. The van der Waals surface area contributed by atoms with E-state index in [4.69, 9.17) is 10.5 Å². The van der Waals surface area contributed by atoms with Crippen LogP contribution in [0.25, 0.3) is 0 Å². The molecule has 0 aromatic heterocycles. The number of rotatable bonds is 9. The first-order valence-corrected chi connectivity index (χ1v) is 9.80. The standard InChI is InChI=1S/C22H27FN4O2.HI/c1-2-25-21(26-13-16-6-5-7-17(12-16)29-14-20(24)28)27-15-22(10-11-22)18-8-3-4-9-19(18)23;/h3-9,12H,2,10-11,13-15H2,1H3,(H2,24,28)(H2,25,26,27);1H. The number of primary amides is 1. The van der Waals surface area contributed by atoms with Crippen LogP contribution in [-0.2, 0) is 16.8 Å². The van der Waals surface area contributed by atoms with Crippen molar-refractivity contribution in [2.24, 2.45) is 10.7 Å². The smallest absolute Gasteiger partial charge is 0.255 e. The number of halogens is 2. The lowest BCUT2D eigenvalue weighted by Gasteiger charge is -2.19. The number of ether oxygens (including phenoxy) is 1. The summed E-state index contributed by atoms with van der Waals surface area (Å²) < 4.78 is 19.5. The minimum Gasteiger partial charge on any atom is -0.484 e. The molecule has 0 bridgehead atoms. The number of amides is 1. The van der Waals surface area contributed by atoms with Crippen LogP contribution in [0.4, 0.5) is 4.39 Å². The molecule has 2 aromatic rings. The van der Waals surface area contributed by atoms with Crippen molar-refractivity contribution in [3.8, 4) is 5.75 Å². The summed E-state index contributed by atoms with van der Waals surface area (Å²) >= 11 is 0. The fraction of sp³-hybridized carbons (Fsp3) is 0.364. The monoisotopic (exact) mass is 526 g/mol. The zero-order valence-corrected chi connectivity index (χ0v) is 19.3. The Bertz CT molecular complexity index is 887. The van der Waals surface area contributed by atoms with E-state index in [2.05, 4.69) is 15.6 Å².